The van der Waals surface area contributed by atoms with E-state index >= 15 is 0 Å². The maximum absolute atomic E-state index is 12.9. The van der Waals surface area contributed by atoms with Crippen LogP contribution in [0.25, 0.3) is 0 Å². The summed E-state index contributed by atoms with van der Waals surface area (Å²) in [5.74, 6) is -0.767. The monoisotopic (exact) mass is 1440 g/mol. The molecule has 9 nitrogen and oxygen atoms in total. The Hall–Kier alpha value is -2.03. The molecule has 10 heteroatoms. The zero-order valence-electron chi connectivity index (χ0n) is 68.4. The number of allylic oxidation sites excluding steroid dienone is 8. The summed E-state index contributed by atoms with van der Waals surface area (Å²) in [5, 5.41) is 0. The Morgan fingerprint density at radius 3 is 0.842 bits per heavy atom. The fourth-order valence-electron chi connectivity index (χ4n) is 13.8. The van der Waals surface area contributed by atoms with E-state index in [1.807, 2.05) is 21.1 Å². The molecule has 0 aliphatic carbocycles. The van der Waals surface area contributed by atoms with E-state index in [-0.39, 0.29) is 25.6 Å². The van der Waals surface area contributed by atoms with Gasteiger partial charge in [-0.3, -0.25) is 18.6 Å². The fraction of sp³-hybridized carbons (Fsp3) is 0.890. The van der Waals surface area contributed by atoms with Crippen LogP contribution in [0.15, 0.2) is 48.6 Å². The Labute approximate surface area is 630 Å². The smallest absolute Gasteiger partial charge is 0.462 e. The molecule has 0 saturated heterocycles. The van der Waals surface area contributed by atoms with Crippen molar-refractivity contribution in [2.45, 2.75) is 476 Å². The molecule has 101 heavy (non-hydrogen) atoms. The fourth-order valence-corrected chi connectivity index (χ4v) is 14.6. The molecule has 0 aromatic carbocycles. The van der Waals surface area contributed by atoms with Crippen molar-refractivity contribution < 1.29 is 42.1 Å². The van der Waals surface area contributed by atoms with Gasteiger partial charge in [0.2, 0.25) is 0 Å². The molecular weight excluding hydrogens is 1270 g/mol. The molecule has 0 rings (SSSR count). The molecule has 2 atom stereocenters. The van der Waals surface area contributed by atoms with E-state index in [1.54, 1.807) is 0 Å². The van der Waals surface area contributed by atoms with Gasteiger partial charge in [0.15, 0.2) is 6.10 Å². The maximum Gasteiger partial charge on any atom is 0.472 e. The first kappa shape index (κ1) is 99.0. The summed E-state index contributed by atoms with van der Waals surface area (Å²) in [7, 11) is 1.51. The zero-order valence-corrected chi connectivity index (χ0v) is 69.3. The number of phosphoric ester groups is 1. The van der Waals surface area contributed by atoms with Crippen LogP contribution in [0.4, 0.5) is 0 Å². The first-order valence-electron chi connectivity index (χ1n) is 44.9. The van der Waals surface area contributed by atoms with E-state index in [0.29, 0.717) is 17.4 Å². The first-order chi connectivity index (χ1) is 49.5. The SMILES string of the molecule is CC/C=C\C/C=C\C/C=C\C/C=C\CCCCCCCCCCCCCCCCCCCCCCCCCCCCCCC(=O)OC(COC(=O)CCCCCCCCCCCCCCCCCCCCCCCCCCCCCCCCCCCCCC)COP(=O)(O)OCC[N+](C)(C)C. The summed E-state index contributed by atoms with van der Waals surface area (Å²) in [6.07, 6.45) is 110. The highest BCUT2D eigenvalue weighted by atomic mass is 31.2. The summed E-state index contributed by atoms with van der Waals surface area (Å²) in [6, 6.07) is 0. The third kappa shape index (κ3) is 86.8. The van der Waals surface area contributed by atoms with Gasteiger partial charge in [0.05, 0.1) is 27.7 Å². The highest BCUT2D eigenvalue weighted by molar-refractivity contribution is 7.47. The van der Waals surface area contributed by atoms with E-state index in [2.05, 4.69) is 62.5 Å². The Morgan fingerprint density at radius 2 is 0.564 bits per heavy atom. The van der Waals surface area contributed by atoms with Crippen molar-refractivity contribution >= 4 is 19.8 Å². The number of rotatable bonds is 85. The number of nitrogens with zero attached hydrogens (tertiary/aromatic N) is 1. The third-order valence-corrected chi connectivity index (χ3v) is 21.6. The van der Waals surface area contributed by atoms with Gasteiger partial charge in [-0.2, -0.15) is 0 Å². The average molecular weight is 1440 g/mol. The quantitative estimate of drug-likeness (QED) is 0.0211. The summed E-state index contributed by atoms with van der Waals surface area (Å²) in [4.78, 5) is 36.1. The highest BCUT2D eigenvalue weighted by Crippen LogP contribution is 2.43. The number of carbonyl (C=O) groups excluding carboxylic acids is 2. The van der Waals surface area contributed by atoms with Gasteiger partial charge in [-0.25, -0.2) is 4.57 Å². The molecule has 0 fully saturated rings. The largest absolute Gasteiger partial charge is 0.472 e. The molecule has 0 spiro atoms. The molecule has 0 radical (unpaired) electrons. The van der Waals surface area contributed by atoms with Crippen molar-refractivity contribution in [3.05, 3.63) is 48.6 Å². The van der Waals surface area contributed by atoms with Crippen LogP contribution in [0.3, 0.4) is 0 Å². The Balaban J connectivity index is 3.83. The van der Waals surface area contributed by atoms with Gasteiger partial charge in [-0.05, 0) is 51.4 Å². The van der Waals surface area contributed by atoms with Crippen LogP contribution in [0, 0.1) is 0 Å². The number of esters is 2. The predicted molar refractivity (Wildman–Crippen MR) is 441 cm³/mol. The number of phosphoric acid groups is 1. The number of carbonyl (C=O) groups is 2. The number of unbranched alkanes of at least 4 members (excludes halogenated alkanes) is 63. The molecule has 0 aliphatic rings. The number of hydrogen-bond donors (Lipinski definition) is 1. The molecule has 2 unspecified atom stereocenters. The van der Waals surface area contributed by atoms with Crippen LogP contribution in [-0.2, 0) is 32.7 Å². The van der Waals surface area contributed by atoms with Gasteiger partial charge >= 0.3 is 19.8 Å². The van der Waals surface area contributed by atoms with Crippen molar-refractivity contribution in [2.75, 3.05) is 47.5 Å². The van der Waals surface area contributed by atoms with Crippen molar-refractivity contribution in [3.63, 3.8) is 0 Å². The second-order valence-corrected chi connectivity index (χ2v) is 33.4. The minimum atomic E-state index is -4.39. The van der Waals surface area contributed by atoms with Gasteiger partial charge in [-0.15, -0.1) is 0 Å². The second-order valence-electron chi connectivity index (χ2n) is 32.0. The number of hydrogen-bond acceptors (Lipinski definition) is 7. The van der Waals surface area contributed by atoms with Crippen molar-refractivity contribution in [3.8, 4) is 0 Å². The summed E-state index contributed by atoms with van der Waals surface area (Å²) < 4.78 is 34.9. The molecule has 0 saturated carbocycles. The Bertz CT molecular complexity index is 1840. The Kier molecular flexibility index (Phi) is 80.4. The van der Waals surface area contributed by atoms with Gasteiger partial charge in [0, 0.05) is 12.8 Å². The molecule has 0 aromatic heterocycles. The van der Waals surface area contributed by atoms with Crippen LogP contribution in [0.1, 0.15) is 470 Å². The Morgan fingerprint density at radius 1 is 0.317 bits per heavy atom. The molecule has 0 aliphatic heterocycles. The molecule has 0 heterocycles. The standard InChI is InChI=1S/C91H174NO8P/c1-6-8-10-12-14-16-18-20-22-24-26-28-30-32-34-36-38-40-42-44-45-46-47-48-50-52-54-56-58-60-62-64-66-68-70-72-74-76-78-80-82-84-91(94)100-89(88-99-101(95,96)98-86-85-92(3,4)5)87-97-90(93)83-81-79-77-75-73-71-69-67-65-63-61-59-57-55-53-51-49-43-41-39-37-35-33-31-29-27-25-23-21-19-17-15-13-11-9-7-2/h8,10,14,16,20,22,26,28,89H,6-7,9,11-13,15,17-19,21,23-25,27,29-88H2,1-5H3/p+1/b10-8-,16-14-,22-20-,28-26-. The van der Waals surface area contributed by atoms with Crippen molar-refractivity contribution in [1.29, 1.82) is 0 Å². The van der Waals surface area contributed by atoms with Crippen LogP contribution in [0.5, 0.6) is 0 Å². The molecule has 0 amide bonds. The van der Waals surface area contributed by atoms with Crippen LogP contribution < -0.4 is 0 Å². The number of ether oxygens (including phenoxy) is 2. The molecule has 0 aromatic rings. The summed E-state index contributed by atoms with van der Waals surface area (Å²) >= 11 is 0. The first-order valence-corrected chi connectivity index (χ1v) is 46.4. The van der Waals surface area contributed by atoms with E-state index in [1.165, 1.54) is 379 Å². The lowest BCUT2D eigenvalue weighted by Crippen LogP contribution is -2.37. The van der Waals surface area contributed by atoms with Crippen molar-refractivity contribution in [1.82, 2.24) is 0 Å². The number of quaternary nitrogens is 1. The lowest BCUT2D eigenvalue weighted by molar-refractivity contribution is -0.870. The topological polar surface area (TPSA) is 108 Å². The normalized spacial score (nSPS) is 13.1. The van der Waals surface area contributed by atoms with Gasteiger partial charge in [0.1, 0.15) is 19.8 Å². The van der Waals surface area contributed by atoms with Crippen LogP contribution in [-0.4, -0.2) is 74.9 Å². The van der Waals surface area contributed by atoms with Gasteiger partial charge in [-0.1, -0.05) is 454 Å². The molecule has 1 N–H and O–H groups in total. The van der Waals surface area contributed by atoms with Crippen molar-refractivity contribution in [2.24, 2.45) is 0 Å². The van der Waals surface area contributed by atoms with E-state index in [0.717, 1.165) is 64.2 Å². The molecular formula is C91H175NO8P+. The van der Waals surface area contributed by atoms with Crippen LogP contribution >= 0.6 is 7.82 Å². The average Bonchev–Trinajstić information content (AvgIpc) is 1.02. The van der Waals surface area contributed by atoms with E-state index in [4.69, 9.17) is 18.5 Å². The van der Waals surface area contributed by atoms with Gasteiger partial charge < -0.3 is 18.9 Å². The minimum absolute atomic E-state index is 0.0359. The lowest BCUT2D eigenvalue weighted by atomic mass is 10.0. The molecule has 0 bridgehead atoms. The van der Waals surface area contributed by atoms with E-state index in [9.17, 15) is 19.0 Å². The maximum atomic E-state index is 12.9. The second kappa shape index (κ2) is 82.0. The molecule has 596 valence electrons. The van der Waals surface area contributed by atoms with Crippen LogP contribution in [0.2, 0.25) is 0 Å². The highest BCUT2D eigenvalue weighted by Gasteiger charge is 2.27. The zero-order chi connectivity index (χ0) is 73.3. The van der Waals surface area contributed by atoms with Gasteiger partial charge in [0.25, 0.3) is 0 Å². The lowest BCUT2D eigenvalue weighted by Gasteiger charge is -2.24. The number of likely N-dealkylation sites (N-methyl/N-ethyl adjacent to an activating group) is 1. The predicted octanol–water partition coefficient (Wildman–Crippen LogP) is 30.2. The summed E-state index contributed by atoms with van der Waals surface area (Å²) in [6.45, 7) is 4.42. The van der Waals surface area contributed by atoms with E-state index < -0.39 is 26.5 Å². The third-order valence-electron chi connectivity index (χ3n) is 20.6. The minimum Gasteiger partial charge on any atom is -0.462 e. The summed E-state index contributed by atoms with van der Waals surface area (Å²) in [5.41, 5.74) is 0.